The number of nitrogens with one attached hydrogen (secondary N) is 1. The molecule has 3 aromatic rings. The summed E-state index contributed by atoms with van der Waals surface area (Å²) in [6.45, 7) is 1.83. The Morgan fingerprint density at radius 1 is 1.33 bits per heavy atom. The largest absolute Gasteiger partial charge is 0.304 e. The third-order valence-corrected chi connectivity index (χ3v) is 4.11. The molecule has 0 aliphatic carbocycles. The highest BCUT2D eigenvalue weighted by atomic mass is 35.5. The molecule has 0 radical (unpaired) electrons. The van der Waals surface area contributed by atoms with Gasteiger partial charge in [0.1, 0.15) is 10.8 Å². The number of carbonyl (C=O) groups excluding carboxylic acids is 1. The molecule has 1 N–H and O–H groups in total. The van der Waals surface area contributed by atoms with Gasteiger partial charge < -0.3 is 5.32 Å². The van der Waals surface area contributed by atoms with E-state index in [9.17, 15) is 19.3 Å². The van der Waals surface area contributed by atoms with Gasteiger partial charge >= 0.3 is 0 Å². The van der Waals surface area contributed by atoms with Crippen molar-refractivity contribution in [3.63, 3.8) is 0 Å². The van der Waals surface area contributed by atoms with Crippen molar-refractivity contribution >= 4 is 29.0 Å². The van der Waals surface area contributed by atoms with E-state index >= 15 is 0 Å². The van der Waals surface area contributed by atoms with E-state index in [1.165, 1.54) is 41.2 Å². The predicted octanol–water partition coefficient (Wildman–Crippen LogP) is 4.19. The summed E-state index contributed by atoms with van der Waals surface area (Å²) in [6.07, 6.45) is 1.52. The molecule has 138 valence electrons. The average molecular weight is 389 g/mol. The molecule has 1 aromatic heterocycles. The molecule has 0 saturated carbocycles. The summed E-state index contributed by atoms with van der Waals surface area (Å²) in [5.74, 6) is -0.701. The zero-order valence-electron chi connectivity index (χ0n) is 14.1. The Kier molecular flexibility index (Phi) is 5.18. The van der Waals surface area contributed by atoms with Gasteiger partial charge in [-0.25, -0.2) is 4.39 Å². The standard InChI is InChI=1S/C18H14ClFN4O3/c1-11-7-13(5-6-16(11)24(26)27)18(25)21-17-15(19)10-23(22-17)9-12-3-2-4-14(20)8-12/h2-8,10H,9H2,1H3,(H,21,22,25). The fourth-order valence-corrected chi connectivity index (χ4v) is 2.76. The molecule has 3 rings (SSSR count). The number of nitrogens with zero attached hydrogens (tertiary/aromatic N) is 3. The molecule has 1 heterocycles. The number of rotatable bonds is 5. The minimum absolute atomic E-state index is 0.0658. The van der Waals surface area contributed by atoms with Crippen LogP contribution in [0.3, 0.4) is 0 Å². The molecule has 0 saturated heterocycles. The van der Waals surface area contributed by atoms with E-state index in [1.54, 1.807) is 19.1 Å². The van der Waals surface area contributed by atoms with E-state index in [0.29, 0.717) is 11.1 Å². The van der Waals surface area contributed by atoms with Gasteiger partial charge in [0.2, 0.25) is 0 Å². The highest BCUT2D eigenvalue weighted by Gasteiger charge is 2.16. The molecular formula is C18H14ClFN4O3. The van der Waals surface area contributed by atoms with E-state index in [4.69, 9.17) is 11.6 Å². The summed E-state index contributed by atoms with van der Waals surface area (Å²) in [5.41, 5.74) is 1.24. The van der Waals surface area contributed by atoms with Crippen molar-refractivity contribution in [2.24, 2.45) is 0 Å². The van der Waals surface area contributed by atoms with Gasteiger partial charge in [-0.3, -0.25) is 19.6 Å². The summed E-state index contributed by atoms with van der Waals surface area (Å²) in [5, 5.41) is 17.8. The second-order valence-corrected chi connectivity index (χ2v) is 6.27. The maximum Gasteiger partial charge on any atom is 0.272 e. The van der Waals surface area contributed by atoms with Crippen molar-refractivity contribution < 1.29 is 14.1 Å². The first kappa shape index (κ1) is 18.5. The molecule has 0 aliphatic heterocycles. The molecule has 0 fully saturated rings. The van der Waals surface area contributed by atoms with Crippen molar-refractivity contribution in [1.82, 2.24) is 9.78 Å². The van der Waals surface area contributed by atoms with Gasteiger partial charge in [0.05, 0.1) is 11.5 Å². The number of amides is 1. The fraction of sp³-hybridized carbons (Fsp3) is 0.111. The van der Waals surface area contributed by atoms with Gasteiger partial charge in [-0.15, -0.1) is 0 Å². The van der Waals surface area contributed by atoms with Crippen LogP contribution in [0.2, 0.25) is 5.02 Å². The summed E-state index contributed by atoms with van der Waals surface area (Å²) in [6, 6.07) is 10.1. The number of anilines is 1. The SMILES string of the molecule is Cc1cc(C(=O)Nc2nn(Cc3cccc(F)c3)cc2Cl)ccc1[N+](=O)[O-]. The van der Waals surface area contributed by atoms with E-state index < -0.39 is 10.8 Å². The maximum absolute atomic E-state index is 13.3. The fourth-order valence-electron chi connectivity index (χ4n) is 2.57. The molecule has 1 amide bonds. The number of nitro benzene ring substituents is 1. The second-order valence-electron chi connectivity index (χ2n) is 5.87. The number of hydrogen-bond donors (Lipinski definition) is 1. The number of aryl methyl sites for hydroxylation is 1. The molecule has 7 nitrogen and oxygen atoms in total. The van der Waals surface area contributed by atoms with Crippen LogP contribution >= 0.6 is 11.6 Å². The third kappa shape index (κ3) is 4.29. The lowest BCUT2D eigenvalue weighted by Gasteiger charge is -2.05. The average Bonchev–Trinajstić information content (AvgIpc) is 2.93. The minimum atomic E-state index is -0.512. The van der Waals surface area contributed by atoms with Crippen LogP contribution in [-0.4, -0.2) is 20.6 Å². The normalized spacial score (nSPS) is 10.6. The Hall–Kier alpha value is -3.26. The van der Waals surface area contributed by atoms with Crippen LogP contribution in [0.1, 0.15) is 21.5 Å². The van der Waals surface area contributed by atoms with Crippen LogP contribution in [0.5, 0.6) is 0 Å². The first-order chi connectivity index (χ1) is 12.8. The number of nitro groups is 1. The van der Waals surface area contributed by atoms with Crippen molar-refractivity contribution in [3.05, 3.63) is 86.3 Å². The quantitative estimate of drug-likeness (QED) is 0.524. The highest BCUT2D eigenvalue weighted by molar-refractivity contribution is 6.33. The number of aromatic nitrogens is 2. The van der Waals surface area contributed by atoms with Gasteiger partial charge in [-0.05, 0) is 36.8 Å². The Morgan fingerprint density at radius 2 is 2.11 bits per heavy atom. The van der Waals surface area contributed by atoms with Crippen LogP contribution in [0.25, 0.3) is 0 Å². The summed E-state index contributed by atoms with van der Waals surface area (Å²) >= 11 is 6.11. The van der Waals surface area contributed by atoms with E-state index in [2.05, 4.69) is 10.4 Å². The second kappa shape index (κ2) is 7.55. The van der Waals surface area contributed by atoms with Crippen molar-refractivity contribution in [3.8, 4) is 0 Å². The molecule has 0 aliphatic rings. The van der Waals surface area contributed by atoms with Gasteiger partial charge in [0.25, 0.3) is 11.6 Å². The minimum Gasteiger partial charge on any atom is -0.304 e. The lowest BCUT2D eigenvalue weighted by atomic mass is 10.1. The van der Waals surface area contributed by atoms with E-state index in [-0.39, 0.29) is 34.5 Å². The summed E-state index contributed by atoms with van der Waals surface area (Å²) in [7, 11) is 0. The number of halogens is 2. The van der Waals surface area contributed by atoms with E-state index in [1.807, 2.05) is 0 Å². The maximum atomic E-state index is 13.3. The summed E-state index contributed by atoms with van der Waals surface area (Å²) < 4.78 is 14.8. The first-order valence-electron chi connectivity index (χ1n) is 7.87. The van der Waals surface area contributed by atoms with Crippen LogP contribution < -0.4 is 5.32 Å². The number of benzene rings is 2. The monoisotopic (exact) mass is 388 g/mol. The Labute approximate surface area is 158 Å². The molecule has 27 heavy (non-hydrogen) atoms. The molecule has 9 heteroatoms. The first-order valence-corrected chi connectivity index (χ1v) is 8.25. The molecule has 0 bridgehead atoms. The van der Waals surface area contributed by atoms with Crippen LogP contribution in [-0.2, 0) is 6.54 Å². The smallest absolute Gasteiger partial charge is 0.272 e. The van der Waals surface area contributed by atoms with Gasteiger partial charge in [-0.1, -0.05) is 23.7 Å². The Bertz CT molecular complexity index is 1040. The zero-order chi connectivity index (χ0) is 19.6. The van der Waals surface area contributed by atoms with E-state index in [0.717, 1.165) is 0 Å². The summed E-state index contributed by atoms with van der Waals surface area (Å²) in [4.78, 5) is 22.7. The highest BCUT2D eigenvalue weighted by Crippen LogP contribution is 2.23. The third-order valence-electron chi connectivity index (χ3n) is 3.84. The van der Waals surface area contributed by atoms with Crippen LogP contribution in [0, 0.1) is 22.9 Å². The zero-order valence-corrected chi connectivity index (χ0v) is 14.9. The lowest BCUT2D eigenvalue weighted by Crippen LogP contribution is -2.13. The molecule has 0 spiro atoms. The van der Waals surface area contributed by atoms with Crippen molar-refractivity contribution in [1.29, 1.82) is 0 Å². The molecule has 2 aromatic carbocycles. The lowest BCUT2D eigenvalue weighted by molar-refractivity contribution is -0.385. The molecule has 0 atom stereocenters. The van der Waals surface area contributed by atoms with Crippen molar-refractivity contribution in [2.45, 2.75) is 13.5 Å². The number of hydrogen-bond acceptors (Lipinski definition) is 4. The van der Waals surface area contributed by atoms with Crippen LogP contribution in [0.15, 0.2) is 48.7 Å². The Morgan fingerprint density at radius 3 is 2.78 bits per heavy atom. The number of carbonyl (C=O) groups is 1. The van der Waals surface area contributed by atoms with Crippen molar-refractivity contribution in [2.75, 3.05) is 5.32 Å². The topological polar surface area (TPSA) is 90.1 Å². The van der Waals surface area contributed by atoms with Gasteiger partial charge in [0, 0.05) is 23.4 Å². The molecule has 0 unspecified atom stereocenters. The van der Waals surface area contributed by atoms with Gasteiger partial charge in [0.15, 0.2) is 5.82 Å². The van der Waals surface area contributed by atoms with Crippen LogP contribution in [0.4, 0.5) is 15.9 Å². The predicted molar refractivity (Wildman–Crippen MR) is 98.5 cm³/mol. The van der Waals surface area contributed by atoms with Gasteiger partial charge in [-0.2, -0.15) is 5.10 Å². The molecular weight excluding hydrogens is 375 g/mol. The Balaban J connectivity index is 1.76.